The molecule has 4 heterocycles. The van der Waals surface area contributed by atoms with Crippen molar-refractivity contribution in [2.75, 3.05) is 13.1 Å². The van der Waals surface area contributed by atoms with Crippen molar-refractivity contribution in [3.05, 3.63) is 72.7 Å². The molecule has 0 bridgehead atoms. The second kappa shape index (κ2) is 9.57. The Balaban J connectivity index is 0.00000106. The highest BCUT2D eigenvalue weighted by Gasteiger charge is 2.19. The van der Waals surface area contributed by atoms with Gasteiger partial charge >= 0.3 is 0 Å². The van der Waals surface area contributed by atoms with Crippen molar-refractivity contribution in [1.29, 1.82) is 0 Å². The van der Waals surface area contributed by atoms with Crippen LogP contribution in [0.1, 0.15) is 60.7 Å². The largest absolute Gasteiger partial charge is 0.341 e. The maximum absolute atomic E-state index is 4.55. The van der Waals surface area contributed by atoms with Crippen LogP contribution in [0.2, 0.25) is 0 Å². The van der Waals surface area contributed by atoms with Crippen LogP contribution in [-0.2, 0) is 0 Å². The van der Waals surface area contributed by atoms with Gasteiger partial charge in [0.25, 0.3) is 0 Å². The monoisotopic (exact) mass is 400 g/mol. The van der Waals surface area contributed by atoms with Crippen LogP contribution in [0.3, 0.4) is 0 Å². The number of rotatable bonds is 3. The summed E-state index contributed by atoms with van der Waals surface area (Å²) in [5.41, 5.74) is 4.01. The fourth-order valence-electron chi connectivity index (χ4n) is 3.95. The van der Waals surface area contributed by atoms with Gasteiger partial charge < -0.3 is 20.6 Å². The molecule has 2 aliphatic rings. The lowest BCUT2D eigenvalue weighted by atomic mass is 10.1. The van der Waals surface area contributed by atoms with Gasteiger partial charge in [-0.3, -0.25) is 0 Å². The number of nitrogens with zero attached hydrogens (tertiary/aromatic N) is 2. The molecule has 0 saturated carbocycles. The first-order chi connectivity index (χ1) is 14.8. The van der Waals surface area contributed by atoms with Crippen LogP contribution < -0.4 is 10.6 Å². The lowest BCUT2D eigenvalue weighted by molar-refractivity contribution is 0.612. The summed E-state index contributed by atoms with van der Waals surface area (Å²) < 4.78 is 0. The SMILES string of the molecule is C(#Cc1cnc([C@@H]2CCCN2)[nH]1)c1ccc(-c2cnc([C@@H]3CCCN3)[nH]2)cc1.C=C. The predicted molar refractivity (Wildman–Crippen MR) is 120 cm³/mol. The number of aromatic amines is 2. The minimum atomic E-state index is 0.341. The Labute approximate surface area is 177 Å². The number of nitrogens with one attached hydrogen (secondary N) is 4. The third-order valence-corrected chi connectivity index (χ3v) is 5.51. The van der Waals surface area contributed by atoms with E-state index in [9.17, 15) is 0 Å². The summed E-state index contributed by atoms with van der Waals surface area (Å²) in [5, 5.41) is 6.92. The molecule has 0 amide bonds. The molecule has 6 heteroatoms. The molecule has 0 unspecified atom stereocenters. The summed E-state index contributed by atoms with van der Waals surface area (Å²) >= 11 is 0. The second-order valence-electron chi connectivity index (χ2n) is 7.49. The van der Waals surface area contributed by atoms with Crippen LogP contribution in [0, 0.1) is 11.8 Å². The van der Waals surface area contributed by atoms with Crippen molar-refractivity contribution >= 4 is 0 Å². The minimum Gasteiger partial charge on any atom is -0.341 e. The molecular weight excluding hydrogens is 372 g/mol. The topological polar surface area (TPSA) is 81.4 Å². The van der Waals surface area contributed by atoms with E-state index in [0.717, 1.165) is 60.1 Å². The van der Waals surface area contributed by atoms with Gasteiger partial charge in [-0.15, -0.1) is 13.2 Å². The smallest absolute Gasteiger partial charge is 0.124 e. The number of hydrogen-bond acceptors (Lipinski definition) is 4. The summed E-state index contributed by atoms with van der Waals surface area (Å²) in [5.74, 6) is 8.42. The summed E-state index contributed by atoms with van der Waals surface area (Å²) in [6, 6.07) is 8.97. The third-order valence-electron chi connectivity index (χ3n) is 5.51. The summed E-state index contributed by atoms with van der Waals surface area (Å²) in [6.07, 6.45) is 8.43. The Bertz CT molecular complexity index is 1010. The number of hydrogen-bond donors (Lipinski definition) is 4. The number of H-pyrrole nitrogens is 2. The predicted octanol–water partition coefficient (Wildman–Crippen LogP) is 3.85. The molecular formula is C24H28N6. The first-order valence-corrected chi connectivity index (χ1v) is 10.5. The number of benzene rings is 1. The maximum atomic E-state index is 4.55. The van der Waals surface area contributed by atoms with Crippen LogP contribution >= 0.6 is 0 Å². The van der Waals surface area contributed by atoms with Crippen LogP contribution in [0.4, 0.5) is 0 Å². The van der Waals surface area contributed by atoms with E-state index in [1.165, 1.54) is 12.8 Å². The molecule has 2 fully saturated rings. The van der Waals surface area contributed by atoms with Gasteiger partial charge in [-0.1, -0.05) is 18.1 Å². The molecule has 5 rings (SSSR count). The standard InChI is InChI=1S/C22H24N6.C2H4/c1-3-18(23-11-1)21-25-13-17(27-21)10-7-15-5-8-16(9-6-15)20-14-26-22(28-20)19-4-2-12-24-19;1-2/h5-6,8-9,13-14,18-19,23-24H,1-4,11-12H2,(H,25,27)(H,26,28);1-2H2/t18-,19-;/m0./s1. The second-order valence-corrected chi connectivity index (χ2v) is 7.49. The van der Waals surface area contributed by atoms with Gasteiger partial charge in [0.2, 0.25) is 0 Å². The van der Waals surface area contributed by atoms with E-state index >= 15 is 0 Å². The summed E-state index contributed by atoms with van der Waals surface area (Å²) in [6.45, 7) is 8.14. The average Bonchev–Trinajstić information content (AvgIpc) is 3.60. The maximum Gasteiger partial charge on any atom is 0.124 e. The van der Waals surface area contributed by atoms with Gasteiger partial charge in [-0.2, -0.15) is 0 Å². The Morgan fingerprint density at radius 3 is 2.07 bits per heavy atom. The van der Waals surface area contributed by atoms with Gasteiger partial charge in [0.05, 0.1) is 30.2 Å². The Hall–Kier alpha value is -3.14. The molecule has 2 aromatic heterocycles. The average molecular weight is 401 g/mol. The first-order valence-electron chi connectivity index (χ1n) is 10.5. The Morgan fingerprint density at radius 2 is 1.43 bits per heavy atom. The van der Waals surface area contributed by atoms with E-state index in [1.807, 2.05) is 24.5 Å². The van der Waals surface area contributed by atoms with E-state index in [4.69, 9.17) is 0 Å². The van der Waals surface area contributed by atoms with E-state index in [0.29, 0.717) is 12.1 Å². The first kappa shape index (κ1) is 20.1. The molecule has 0 radical (unpaired) electrons. The van der Waals surface area contributed by atoms with Gasteiger partial charge in [0.15, 0.2) is 0 Å². The molecule has 3 aromatic rings. The number of imidazole rings is 2. The van der Waals surface area contributed by atoms with Crippen molar-refractivity contribution < 1.29 is 0 Å². The van der Waals surface area contributed by atoms with Crippen LogP contribution in [0.15, 0.2) is 49.8 Å². The zero-order valence-electron chi connectivity index (χ0n) is 17.2. The zero-order chi connectivity index (χ0) is 20.8. The molecule has 0 spiro atoms. The van der Waals surface area contributed by atoms with E-state index in [2.05, 4.69) is 67.7 Å². The van der Waals surface area contributed by atoms with Crippen molar-refractivity contribution in [2.24, 2.45) is 0 Å². The molecule has 4 N–H and O–H groups in total. The van der Waals surface area contributed by atoms with Crippen molar-refractivity contribution in [3.63, 3.8) is 0 Å². The van der Waals surface area contributed by atoms with E-state index in [-0.39, 0.29) is 0 Å². The lowest BCUT2D eigenvalue weighted by Crippen LogP contribution is -2.14. The van der Waals surface area contributed by atoms with Gasteiger partial charge in [-0.05, 0) is 62.4 Å². The molecule has 0 aliphatic carbocycles. The normalized spacial score (nSPS) is 20.3. The van der Waals surface area contributed by atoms with Crippen molar-refractivity contribution in [3.8, 4) is 23.1 Å². The van der Waals surface area contributed by atoms with Crippen LogP contribution in [0.5, 0.6) is 0 Å². The quantitative estimate of drug-likeness (QED) is 0.398. The highest BCUT2D eigenvalue weighted by atomic mass is 15.0. The number of aromatic nitrogens is 4. The molecule has 2 atom stereocenters. The van der Waals surface area contributed by atoms with E-state index in [1.54, 1.807) is 0 Å². The summed E-state index contributed by atoms with van der Waals surface area (Å²) in [7, 11) is 0. The fourth-order valence-corrected chi connectivity index (χ4v) is 3.95. The summed E-state index contributed by atoms with van der Waals surface area (Å²) in [4.78, 5) is 15.8. The lowest BCUT2D eigenvalue weighted by Gasteiger charge is -2.05. The van der Waals surface area contributed by atoms with Crippen molar-refractivity contribution in [1.82, 2.24) is 30.6 Å². The molecule has 30 heavy (non-hydrogen) atoms. The third kappa shape index (κ3) is 4.54. The highest BCUT2D eigenvalue weighted by Crippen LogP contribution is 2.24. The molecule has 6 nitrogen and oxygen atoms in total. The Kier molecular flexibility index (Phi) is 6.43. The molecule has 154 valence electrons. The van der Waals surface area contributed by atoms with Gasteiger partial charge in [-0.25, -0.2) is 9.97 Å². The van der Waals surface area contributed by atoms with Crippen LogP contribution in [0.25, 0.3) is 11.3 Å². The highest BCUT2D eigenvalue weighted by molar-refractivity contribution is 5.60. The molecule has 1 aromatic carbocycles. The van der Waals surface area contributed by atoms with Gasteiger partial charge in [0, 0.05) is 5.56 Å². The minimum absolute atomic E-state index is 0.341. The molecule has 2 saturated heterocycles. The Morgan fingerprint density at radius 1 is 0.800 bits per heavy atom. The fraction of sp³-hybridized carbons (Fsp3) is 0.333. The van der Waals surface area contributed by atoms with Crippen molar-refractivity contribution in [2.45, 2.75) is 37.8 Å². The molecule has 2 aliphatic heterocycles. The van der Waals surface area contributed by atoms with E-state index < -0.39 is 0 Å². The van der Waals surface area contributed by atoms with Crippen LogP contribution in [-0.4, -0.2) is 33.0 Å². The van der Waals surface area contributed by atoms with Gasteiger partial charge in [0.1, 0.15) is 17.3 Å². The zero-order valence-corrected chi connectivity index (χ0v) is 17.2.